The highest BCUT2D eigenvalue weighted by atomic mass is 35.5. The van der Waals surface area contributed by atoms with Gasteiger partial charge in [-0.2, -0.15) is 5.26 Å². The molecule has 0 saturated carbocycles. The molecule has 8 nitrogen and oxygen atoms in total. The summed E-state index contributed by atoms with van der Waals surface area (Å²) in [6.45, 7) is 0. The van der Waals surface area contributed by atoms with E-state index in [4.69, 9.17) is 20.8 Å². The number of hydrogen-bond donors (Lipinski definition) is 1. The van der Waals surface area contributed by atoms with E-state index in [9.17, 15) is 20.2 Å². The molecule has 0 unspecified atom stereocenters. The molecule has 30 heavy (non-hydrogen) atoms. The minimum atomic E-state index is -0.620. The van der Waals surface area contributed by atoms with Gasteiger partial charge < -0.3 is 14.5 Å². The van der Waals surface area contributed by atoms with Crippen molar-refractivity contribution in [3.05, 3.63) is 81.1 Å². The van der Waals surface area contributed by atoms with Crippen molar-refractivity contribution in [2.45, 2.75) is 0 Å². The molecule has 1 amide bonds. The van der Waals surface area contributed by atoms with Gasteiger partial charge in [0, 0.05) is 28.9 Å². The molecule has 0 saturated heterocycles. The monoisotopic (exact) mass is 423 g/mol. The van der Waals surface area contributed by atoms with E-state index in [2.05, 4.69) is 5.32 Å². The van der Waals surface area contributed by atoms with Crippen LogP contribution in [-0.4, -0.2) is 17.9 Å². The maximum atomic E-state index is 12.4. The van der Waals surface area contributed by atoms with Crippen LogP contribution in [0.1, 0.15) is 5.76 Å². The van der Waals surface area contributed by atoms with E-state index in [1.54, 1.807) is 36.4 Å². The molecule has 9 heteroatoms. The number of furan rings is 1. The second kappa shape index (κ2) is 8.94. The molecule has 1 heterocycles. The van der Waals surface area contributed by atoms with Crippen molar-refractivity contribution in [2.24, 2.45) is 0 Å². The fraction of sp³-hybridized carbons (Fsp3) is 0.0476. The summed E-state index contributed by atoms with van der Waals surface area (Å²) in [5, 5.41) is 23.5. The van der Waals surface area contributed by atoms with Crippen LogP contribution in [-0.2, 0) is 4.79 Å². The quantitative estimate of drug-likeness (QED) is 0.256. The zero-order valence-electron chi connectivity index (χ0n) is 15.6. The lowest BCUT2D eigenvalue weighted by Crippen LogP contribution is -2.13. The van der Waals surface area contributed by atoms with Gasteiger partial charge in [-0.25, -0.2) is 0 Å². The second-order valence-electron chi connectivity index (χ2n) is 5.97. The number of carbonyl (C=O) groups is 1. The molecule has 0 fully saturated rings. The minimum Gasteiger partial charge on any atom is -0.496 e. The number of rotatable bonds is 6. The number of nitro benzene ring substituents is 1. The number of carbonyl (C=O) groups excluding carboxylic acids is 1. The lowest BCUT2D eigenvalue weighted by atomic mass is 10.1. The van der Waals surface area contributed by atoms with E-state index in [1.807, 2.05) is 6.07 Å². The van der Waals surface area contributed by atoms with Crippen molar-refractivity contribution in [1.82, 2.24) is 0 Å². The SMILES string of the molecule is COc1ccc([N+](=O)[O-])cc1-c1ccc(/C=C(/C#N)C(=O)Nc2ccc(Cl)cc2)o1. The van der Waals surface area contributed by atoms with E-state index in [0.717, 1.165) is 0 Å². The molecule has 150 valence electrons. The molecule has 0 aliphatic rings. The molecule has 2 aromatic carbocycles. The zero-order chi connectivity index (χ0) is 21.7. The lowest BCUT2D eigenvalue weighted by molar-refractivity contribution is -0.384. The molecule has 0 atom stereocenters. The average Bonchev–Trinajstić information content (AvgIpc) is 3.21. The number of non-ortho nitro benzene ring substituents is 1. The number of benzene rings is 2. The first-order chi connectivity index (χ1) is 14.4. The number of nitriles is 1. The fourth-order valence-corrected chi connectivity index (χ4v) is 2.73. The number of hydrogen-bond acceptors (Lipinski definition) is 6. The van der Waals surface area contributed by atoms with Crippen LogP contribution < -0.4 is 10.1 Å². The molecule has 0 radical (unpaired) electrons. The van der Waals surface area contributed by atoms with Gasteiger partial charge >= 0.3 is 0 Å². The summed E-state index contributed by atoms with van der Waals surface area (Å²) in [6, 6.07) is 15.5. The Morgan fingerprint density at radius 2 is 1.97 bits per heavy atom. The molecular formula is C21H14ClN3O5. The Hall–Kier alpha value is -4.09. The normalized spacial score (nSPS) is 10.9. The second-order valence-corrected chi connectivity index (χ2v) is 6.41. The topological polar surface area (TPSA) is 118 Å². The number of ether oxygens (including phenoxy) is 1. The van der Waals surface area contributed by atoms with Gasteiger partial charge in [0.2, 0.25) is 0 Å². The van der Waals surface area contributed by atoms with Crippen LogP contribution in [0.25, 0.3) is 17.4 Å². The first kappa shape index (κ1) is 20.6. The van der Waals surface area contributed by atoms with Crippen LogP contribution in [0.2, 0.25) is 5.02 Å². The molecule has 3 rings (SSSR count). The Bertz CT molecular complexity index is 1180. The summed E-state index contributed by atoms with van der Waals surface area (Å²) >= 11 is 5.81. The summed E-state index contributed by atoms with van der Waals surface area (Å²) in [7, 11) is 1.43. The van der Waals surface area contributed by atoms with Gasteiger partial charge in [0.15, 0.2) is 0 Å². The van der Waals surface area contributed by atoms with E-state index < -0.39 is 10.8 Å². The minimum absolute atomic E-state index is 0.126. The van der Waals surface area contributed by atoms with Crippen molar-refractivity contribution < 1.29 is 18.9 Å². The molecule has 0 spiro atoms. The van der Waals surface area contributed by atoms with Gasteiger partial charge in [-0.3, -0.25) is 14.9 Å². The molecule has 0 bridgehead atoms. The highest BCUT2D eigenvalue weighted by Crippen LogP contribution is 2.34. The predicted molar refractivity (Wildman–Crippen MR) is 111 cm³/mol. The van der Waals surface area contributed by atoms with E-state index >= 15 is 0 Å². The number of halogens is 1. The smallest absolute Gasteiger partial charge is 0.270 e. The van der Waals surface area contributed by atoms with Gasteiger partial charge in [0.25, 0.3) is 11.6 Å². The van der Waals surface area contributed by atoms with Crippen LogP contribution >= 0.6 is 11.6 Å². The van der Waals surface area contributed by atoms with Gasteiger partial charge in [0.05, 0.1) is 17.6 Å². The number of methoxy groups -OCH3 is 1. The average molecular weight is 424 g/mol. The standard InChI is InChI=1S/C21H14ClN3O5/c1-29-19-8-6-16(25(27)28)11-18(19)20-9-7-17(30-20)10-13(12-23)21(26)24-15-4-2-14(22)3-5-15/h2-11H,1H3,(H,24,26)/b13-10-. The maximum absolute atomic E-state index is 12.4. The molecule has 3 aromatic rings. The summed E-state index contributed by atoms with van der Waals surface area (Å²) in [5.41, 5.74) is 0.540. The zero-order valence-corrected chi connectivity index (χ0v) is 16.3. The van der Waals surface area contributed by atoms with Gasteiger partial charge in [-0.1, -0.05) is 11.6 Å². The summed E-state index contributed by atoms with van der Waals surface area (Å²) < 4.78 is 10.9. The molecule has 1 aromatic heterocycles. The molecule has 0 aliphatic carbocycles. The van der Waals surface area contributed by atoms with Crippen molar-refractivity contribution in [1.29, 1.82) is 5.26 Å². The third-order valence-corrected chi connectivity index (χ3v) is 4.29. The van der Waals surface area contributed by atoms with Gasteiger partial charge in [0.1, 0.15) is 28.9 Å². The molecule has 0 aliphatic heterocycles. The lowest BCUT2D eigenvalue weighted by Gasteiger charge is -2.06. The molecule has 1 N–H and O–H groups in total. The largest absolute Gasteiger partial charge is 0.496 e. The number of nitrogens with one attached hydrogen (secondary N) is 1. The maximum Gasteiger partial charge on any atom is 0.270 e. The van der Waals surface area contributed by atoms with Crippen molar-refractivity contribution in [3.8, 4) is 23.1 Å². The van der Waals surface area contributed by atoms with Crippen molar-refractivity contribution >= 4 is 35.0 Å². The van der Waals surface area contributed by atoms with Gasteiger partial charge in [-0.15, -0.1) is 0 Å². The van der Waals surface area contributed by atoms with E-state index in [-0.39, 0.29) is 22.8 Å². The Labute approximate surface area is 176 Å². The highest BCUT2D eigenvalue weighted by molar-refractivity contribution is 6.30. The predicted octanol–water partition coefficient (Wildman–Crippen LogP) is 5.06. The van der Waals surface area contributed by atoms with Crippen LogP contribution in [0.3, 0.4) is 0 Å². The number of anilines is 1. The number of nitrogens with zero attached hydrogens (tertiary/aromatic N) is 2. The van der Waals surface area contributed by atoms with Crippen molar-refractivity contribution in [3.63, 3.8) is 0 Å². The summed E-state index contributed by atoms with van der Waals surface area (Å²) in [4.78, 5) is 22.9. The summed E-state index contributed by atoms with van der Waals surface area (Å²) in [6.07, 6.45) is 1.28. The fourth-order valence-electron chi connectivity index (χ4n) is 2.60. The highest BCUT2D eigenvalue weighted by Gasteiger charge is 2.16. The molecular weight excluding hydrogens is 410 g/mol. The number of nitro groups is 1. The summed E-state index contributed by atoms with van der Waals surface area (Å²) in [5.74, 6) is 0.274. The third-order valence-electron chi connectivity index (χ3n) is 4.04. The first-order valence-corrected chi connectivity index (χ1v) is 8.90. The van der Waals surface area contributed by atoms with Crippen LogP contribution in [0.5, 0.6) is 5.75 Å². The third kappa shape index (κ3) is 4.66. The Morgan fingerprint density at radius 1 is 1.23 bits per heavy atom. The van der Waals surface area contributed by atoms with E-state index in [1.165, 1.54) is 31.4 Å². The van der Waals surface area contributed by atoms with Crippen molar-refractivity contribution in [2.75, 3.05) is 12.4 Å². The Morgan fingerprint density at radius 3 is 2.60 bits per heavy atom. The van der Waals surface area contributed by atoms with Crippen LogP contribution in [0, 0.1) is 21.4 Å². The van der Waals surface area contributed by atoms with E-state index in [0.29, 0.717) is 22.0 Å². The Kier molecular flexibility index (Phi) is 6.15. The van der Waals surface area contributed by atoms with Crippen LogP contribution in [0.4, 0.5) is 11.4 Å². The Balaban J connectivity index is 1.87. The number of amides is 1. The van der Waals surface area contributed by atoms with Gasteiger partial charge in [-0.05, 0) is 42.5 Å². The van der Waals surface area contributed by atoms with Crippen LogP contribution in [0.15, 0.2) is 64.6 Å². The first-order valence-electron chi connectivity index (χ1n) is 8.52.